The zero-order chi connectivity index (χ0) is 14.4. The van der Waals surface area contributed by atoms with E-state index in [9.17, 15) is 5.11 Å². The number of aryl methyl sites for hydroxylation is 1. The molecule has 1 heterocycles. The zero-order valence-corrected chi connectivity index (χ0v) is 12.7. The molecule has 1 atom stereocenters. The molecule has 1 unspecified atom stereocenters. The summed E-state index contributed by atoms with van der Waals surface area (Å²) in [6.45, 7) is 9.57. The van der Waals surface area contributed by atoms with Gasteiger partial charge in [-0.25, -0.2) is 9.97 Å². The van der Waals surface area contributed by atoms with Crippen molar-refractivity contribution >= 4 is 11.6 Å². The van der Waals surface area contributed by atoms with Crippen molar-refractivity contribution in [1.29, 1.82) is 0 Å². The molecule has 5 heteroatoms. The maximum Gasteiger partial charge on any atom is 0.137 e. The Bertz CT molecular complexity index is 407. The predicted molar refractivity (Wildman–Crippen MR) is 79.9 cm³/mol. The van der Waals surface area contributed by atoms with Crippen LogP contribution in [0.3, 0.4) is 0 Å². The van der Waals surface area contributed by atoms with Gasteiger partial charge in [-0.3, -0.25) is 0 Å². The molecule has 0 aliphatic heterocycles. The molecule has 0 bridgehead atoms. The number of hydrogen-bond donors (Lipinski definition) is 2. The van der Waals surface area contributed by atoms with Crippen molar-refractivity contribution in [2.24, 2.45) is 0 Å². The van der Waals surface area contributed by atoms with Crippen molar-refractivity contribution in [3.05, 3.63) is 11.4 Å². The van der Waals surface area contributed by atoms with Gasteiger partial charge in [0.05, 0.1) is 6.10 Å². The molecule has 1 aromatic heterocycles. The van der Waals surface area contributed by atoms with Crippen LogP contribution >= 0.6 is 0 Å². The maximum atomic E-state index is 9.37. The lowest BCUT2D eigenvalue weighted by atomic mass is 10.2. The van der Waals surface area contributed by atoms with Gasteiger partial charge in [0.25, 0.3) is 0 Å². The molecule has 5 nitrogen and oxygen atoms in total. The van der Waals surface area contributed by atoms with E-state index in [2.05, 4.69) is 27.1 Å². The Morgan fingerprint density at radius 3 is 2.58 bits per heavy atom. The number of anilines is 2. The highest BCUT2D eigenvalue weighted by molar-refractivity contribution is 5.58. The third-order valence-electron chi connectivity index (χ3n) is 3.02. The Balaban J connectivity index is 2.90. The molecule has 0 aliphatic rings. The number of hydrogen-bond acceptors (Lipinski definition) is 5. The number of aliphatic hydroxyl groups excluding tert-OH is 1. The summed E-state index contributed by atoms with van der Waals surface area (Å²) >= 11 is 0. The largest absolute Gasteiger partial charge is 0.393 e. The summed E-state index contributed by atoms with van der Waals surface area (Å²) in [4.78, 5) is 11.0. The monoisotopic (exact) mass is 266 g/mol. The first-order valence-corrected chi connectivity index (χ1v) is 6.94. The van der Waals surface area contributed by atoms with Crippen LogP contribution in [-0.4, -0.2) is 41.3 Å². The Morgan fingerprint density at radius 1 is 1.32 bits per heavy atom. The van der Waals surface area contributed by atoms with E-state index < -0.39 is 0 Å². The van der Waals surface area contributed by atoms with Gasteiger partial charge >= 0.3 is 0 Å². The van der Waals surface area contributed by atoms with Gasteiger partial charge in [-0.2, -0.15) is 0 Å². The number of aliphatic hydroxyl groups is 1. The van der Waals surface area contributed by atoms with Crippen LogP contribution in [0.5, 0.6) is 0 Å². The van der Waals surface area contributed by atoms with E-state index in [0.29, 0.717) is 0 Å². The van der Waals surface area contributed by atoms with E-state index in [0.717, 1.165) is 49.0 Å². The molecule has 19 heavy (non-hydrogen) atoms. The summed E-state index contributed by atoms with van der Waals surface area (Å²) < 4.78 is 0. The average Bonchev–Trinajstić information content (AvgIpc) is 2.36. The fourth-order valence-corrected chi connectivity index (χ4v) is 1.89. The number of nitrogens with zero attached hydrogens (tertiary/aromatic N) is 3. The smallest absolute Gasteiger partial charge is 0.137 e. The summed E-state index contributed by atoms with van der Waals surface area (Å²) in [6, 6.07) is 0. The van der Waals surface area contributed by atoms with Crippen LogP contribution in [-0.2, 0) is 0 Å². The summed E-state index contributed by atoms with van der Waals surface area (Å²) in [5, 5.41) is 12.7. The van der Waals surface area contributed by atoms with Crippen molar-refractivity contribution in [2.75, 3.05) is 30.4 Å². The molecule has 108 valence electrons. The molecule has 0 amide bonds. The van der Waals surface area contributed by atoms with Crippen LogP contribution in [0.25, 0.3) is 0 Å². The first-order valence-electron chi connectivity index (χ1n) is 6.94. The van der Waals surface area contributed by atoms with Gasteiger partial charge in [-0.15, -0.1) is 0 Å². The quantitative estimate of drug-likeness (QED) is 0.791. The fraction of sp³-hybridized carbons (Fsp3) is 0.714. The molecular formula is C14H26N4O. The average molecular weight is 266 g/mol. The lowest BCUT2D eigenvalue weighted by Crippen LogP contribution is -2.24. The first-order chi connectivity index (χ1) is 8.95. The molecule has 0 spiro atoms. The van der Waals surface area contributed by atoms with Crippen LogP contribution in [0.15, 0.2) is 0 Å². The first kappa shape index (κ1) is 15.7. The normalized spacial score (nSPS) is 12.3. The third kappa shape index (κ3) is 4.67. The summed E-state index contributed by atoms with van der Waals surface area (Å²) in [5.74, 6) is 2.61. The van der Waals surface area contributed by atoms with Crippen LogP contribution in [0.1, 0.15) is 38.1 Å². The van der Waals surface area contributed by atoms with Gasteiger partial charge in [-0.05, 0) is 33.6 Å². The topological polar surface area (TPSA) is 61.3 Å². The minimum Gasteiger partial charge on any atom is -0.393 e. The maximum absolute atomic E-state index is 9.37. The summed E-state index contributed by atoms with van der Waals surface area (Å²) in [7, 11) is 2.00. The van der Waals surface area contributed by atoms with E-state index in [-0.39, 0.29) is 6.10 Å². The van der Waals surface area contributed by atoms with Crippen molar-refractivity contribution in [3.63, 3.8) is 0 Å². The molecule has 1 rings (SSSR count). The van der Waals surface area contributed by atoms with Gasteiger partial charge < -0.3 is 15.3 Å². The standard InChI is InChI=1S/C14H26N4O/c1-6-8-15-13-11(3)14(17-12(4)16-13)18(5)9-7-10(2)19/h10,19H,6-9H2,1-5H3,(H,15,16,17). The van der Waals surface area contributed by atoms with Crippen molar-refractivity contribution in [1.82, 2.24) is 9.97 Å². The molecule has 0 saturated carbocycles. The highest BCUT2D eigenvalue weighted by atomic mass is 16.3. The molecule has 0 radical (unpaired) electrons. The molecule has 0 saturated heterocycles. The molecule has 0 fully saturated rings. The molecule has 1 aromatic rings. The molecule has 0 aliphatic carbocycles. The van der Waals surface area contributed by atoms with Crippen molar-refractivity contribution < 1.29 is 5.11 Å². The van der Waals surface area contributed by atoms with Crippen LogP contribution < -0.4 is 10.2 Å². The molecular weight excluding hydrogens is 240 g/mol. The third-order valence-corrected chi connectivity index (χ3v) is 3.02. The van der Waals surface area contributed by atoms with Crippen molar-refractivity contribution in [3.8, 4) is 0 Å². The fourth-order valence-electron chi connectivity index (χ4n) is 1.89. The van der Waals surface area contributed by atoms with Gasteiger partial charge in [0.2, 0.25) is 0 Å². The minimum absolute atomic E-state index is 0.289. The van der Waals surface area contributed by atoms with Crippen LogP contribution in [0, 0.1) is 13.8 Å². The van der Waals surface area contributed by atoms with E-state index in [1.165, 1.54) is 0 Å². The lowest BCUT2D eigenvalue weighted by Gasteiger charge is -2.22. The van der Waals surface area contributed by atoms with Crippen LogP contribution in [0.2, 0.25) is 0 Å². The van der Waals surface area contributed by atoms with E-state index >= 15 is 0 Å². The minimum atomic E-state index is -0.289. The lowest BCUT2D eigenvalue weighted by molar-refractivity contribution is 0.187. The zero-order valence-electron chi connectivity index (χ0n) is 12.7. The van der Waals surface area contributed by atoms with Crippen molar-refractivity contribution in [2.45, 2.75) is 46.6 Å². The Labute approximate surface area is 116 Å². The van der Waals surface area contributed by atoms with Crippen LogP contribution in [0.4, 0.5) is 11.6 Å². The second-order valence-electron chi connectivity index (χ2n) is 5.05. The van der Waals surface area contributed by atoms with Gasteiger partial charge in [0, 0.05) is 25.7 Å². The number of nitrogens with one attached hydrogen (secondary N) is 1. The summed E-state index contributed by atoms with van der Waals surface area (Å²) in [6.07, 6.45) is 1.51. The predicted octanol–water partition coefficient (Wildman–Crippen LogP) is 2.12. The molecule has 0 aromatic carbocycles. The van der Waals surface area contributed by atoms with E-state index in [4.69, 9.17) is 0 Å². The summed E-state index contributed by atoms with van der Waals surface area (Å²) in [5.41, 5.74) is 1.06. The van der Waals surface area contributed by atoms with E-state index in [1.807, 2.05) is 20.9 Å². The second-order valence-corrected chi connectivity index (χ2v) is 5.05. The number of aromatic nitrogens is 2. The SMILES string of the molecule is CCCNc1nc(C)nc(N(C)CCC(C)O)c1C. The molecule has 2 N–H and O–H groups in total. The Morgan fingerprint density at radius 2 is 2.00 bits per heavy atom. The van der Waals surface area contributed by atoms with Gasteiger partial charge in [0.15, 0.2) is 0 Å². The van der Waals surface area contributed by atoms with Gasteiger partial charge in [0.1, 0.15) is 17.5 Å². The van der Waals surface area contributed by atoms with Gasteiger partial charge in [-0.1, -0.05) is 6.92 Å². The van der Waals surface area contributed by atoms with E-state index in [1.54, 1.807) is 6.92 Å². The number of rotatable bonds is 7. The Kier molecular flexibility index (Phi) is 6.02. The second kappa shape index (κ2) is 7.28. The highest BCUT2D eigenvalue weighted by Gasteiger charge is 2.13. The Hall–Kier alpha value is -1.36. The highest BCUT2D eigenvalue weighted by Crippen LogP contribution is 2.22.